The third-order valence-electron chi connectivity index (χ3n) is 2.53. The number of aliphatic hydroxyl groups excluding tert-OH is 1. The van der Waals surface area contributed by atoms with Crippen LogP contribution in [-0.2, 0) is 6.61 Å². The molecular weight excluding hydrogens is 264 g/mol. The lowest BCUT2D eigenvalue weighted by molar-refractivity contribution is 0.278. The van der Waals surface area contributed by atoms with Gasteiger partial charge in [-0.05, 0) is 23.9 Å². The molecule has 0 atom stereocenters. The molecule has 0 aliphatic carbocycles. The molecule has 90 valence electrons. The molecule has 2 aromatic heterocycles. The molecule has 0 saturated heterocycles. The molecule has 0 radical (unpaired) electrons. The lowest BCUT2D eigenvalue weighted by atomic mass is 10.2. The summed E-state index contributed by atoms with van der Waals surface area (Å²) in [6.45, 7) is -0.00839. The van der Waals surface area contributed by atoms with Gasteiger partial charge in [0.1, 0.15) is 5.03 Å². The average molecular weight is 274 g/mol. The van der Waals surface area contributed by atoms with Crippen molar-refractivity contribution in [3.63, 3.8) is 0 Å². The van der Waals surface area contributed by atoms with Crippen LogP contribution in [-0.4, -0.2) is 15.1 Å². The van der Waals surface area contributed by atoms with E-state index in [1.54, 1.807) is 17.5 Å². The highest BCUT2D eigenvalue weighted by molar-refractivity contribution is 8.01. The zero-order valence-electron chi connectivity index (χ0n) is 9.41. The quantitative estimate of drug-likeness (QED) is 0.795. The van der Waals surface area contributed by atoms with Crippen LogP contribution in [0.2, 0.25) is 0 Å². The number of benzene rings is 1. The molecule has 1 aromatic carbocycles. The van der Waals surface area contributed by atoms with Gasteiger partial charge in [-0.25, -0.2) is 9.97 Å². The Hall–Kier alpha value is -1.43. The summed E-state index contributed by atoms with van der Waals surface area (Å²) in [4.78, 5) is 8.82. The van der Waals surface area contributed by atoms with E-state index in [1.165, 1.54) is 11.8 Å². The van der Waals surface area contributed by atoms with Crippen molar-refractivity contribution in [2.24, 2.45) is 0 Å². The van der Waals surface area contributed by atoms with Crippen LogP contribution in [0.15, 0.2) is 51.3 Å². The van der Waals surface area contributed by atoms with Crippen molar-refractivity contribution in [1.29, 1.82) is 0 Å². The summed E-state index contributed by atoms with van der Waals surface area (Å²) < 4.78 is 0.937. The predicted octanol–water partition coefficient (Wildman–Crippen LogP) is 3.33. The number of nitrogens with zero attached hydrogens (tertiary/aromatic N) is 2. The number of pyridine rings is 1. The third kappa shape index (κ3) is 2.25. The number of hydrogen-bond donors (Lipinski definition) is 1. The second-order valence-corrected chi connectivity index (χ2v) is 5.83. The fourth-order valence-corrected chi connectivity index (χ4v) is 3.32. The first-order chi connectivity index (χ1) is 8.86. The molecule has 0 unspecified atom stereocenters. The van der Waals surface area contributed by atoms with Crippen molar-refractivity contribution >= 4 is 34.0 Å². The Morgan fingerprint density at radius 3 is 2.94 bits per heavy atom. The summed E-state index contributed by atoms with van der Waals surface area (Å²) >= 11 is 3.07. The van der Waals surface area contributed by atoms with Crippen LogP contribution in [0, 0.1) is 0 Å². The second-order valence-electron chi connectivity index (χ2n) is 3.70. The van der Waals surface area contributed by atoms with Gasteiger partial charge in [0.05, 0.1) is 12.1 Å². The van der Waals surface area contributed by atoms with E-state index in [4.69, 9.17) is 0 Å². The van der Waals surface area contributed by atoms with Gasteiger partial charge in [-0.1, -0.05) is 18.2 Å². The summed E-state index contributed by atoms with van der Waals surface area (Å²) in [7, 11) is 0. The lowest BCUT2D eigenvalue weighted by Crippen LogP contribution is -1.92. The Morgan fingerprint density at radius 2 is 2.17 bits per heavy atom. The van der Waals surface area contributed by atoms with Crippen LogP contribution in [0.4, 0.5) is 0 Å². The van der Waals surface area contributed by atoms with Crippen molar-refractivity contribution in [1.82, 2.24) is 9.97 Å². The minimum Gasteiger partial charge on any atom is -0.392 e. The molecule has 1 N–H and O–H groups in total. The summed E-state index contributed by atoms with van der Waals surface area (Å²) in [5.74, 6) is 0. The van der Waals surface area contributed by atoms with Crippen molar-refractivity contribution < 1.29 is 5.11 Å². The smallest absolute Gasteiger partial charge is 0.156 e. The fraction of sp³-hybridized carbons (Fsp3) is 0.0769. The zero-order chi connectivity index (χ0) is 12.4. The number of fused-ring (bicyclic) bond motifs is 1. The Bertz CT molecular complexity index is 668. The normalized spacial score (nSPS) is 10.9. The van der Waals surface area contributed by atoms with Crippen molar-refractivity contribution in [3.8, 4) is 0 Å². The van der Waals surface area contributed by atoms with Gasteiger partial charge < -0.3 is 5.11 Å². The summed E-state index contributed by atoms with van der Waals surface area (Å²) in [6, 6.07) is 9.89. The van der Waals surface area contributed by atoms with Crippen LogP contribution >= 0.6 is 23.1 Å². The zero-order valence-corrected chi connectivity index (χ0v) is 11.0. The number of thiazole rings is 1. The summed E-state index contributed by atoms with van der Waals surface area (Å²) in [5.41, 5.74) is 1.78. The second kappa shape index (κ2) is 5.06. The molecule has 3 nitrogen and oxygen atoms in total. The minimum atomic E-state index is -0.00839. The predicted molar refractivity (Wildman–Crippen MR) is 73.9 cm³/mol. The molecule has 0 saturated carbocycles. The van der Waals surface area contributed by atoms with Crippen LogP contribution in [0.25, 0.3) is 10.9 Å². The molecule has 18 heavy (non-hydrogen) atoms. The van der Waals surface area contributed by atoms with Gasteiger partial charge >= 0.3 is 0 Å². The van der Waals surface area contributed by atoms with E-state index in [9.17, 15) is 5.11 Å². The Balaban J connectivity index is 2.09. The van der Waals surface area contributed by atoms with E-state index in [-0.39, 0.29) is 6.61 Å². The number of aliphatic hydroxyl groups is 1. The highest BCUT2D eigenvalue weighted by Crippen LogP contribution is 2.32. The monoisotopic (exact) mass is 274 g/mol. The van der Waals surface area contributed by atoms with E-state index in [1.807, 2.05) is 35.7 Å². The highest BCUT2D eigenvalue weighted by Gasteiger charge is 2.09. The molecule has 5 heteroatoms. The lowest BCUT2D eigenvalue weighted by Gasteiger charge is -2.06. The molecule has 0 fully saturated rings. The maximum absolute atomic E-state index is 9.44. The fourth-order valence-electron chi connectivity index (χ4n) is 1.69. The molecule has 0 aliphatic heterocycles. The molecule has 0 bridgehead atoms. The van der Waals surface area contributed by atoms with Gasteiger partial charge in [0.25, 0.3) is 0 Å². The number of aromatic nitrogens is 2. The maximum atomic E-state index is 9.44. The highest BCUT2D eigenvalue weighted by atomic mass is 32.2. The standard InChI is InChI=1S/C13H10N2OS2/c16-8-10-7-9-3-1-2-4-11(9)15-12(10)18-13-14-5-6-17-13/h1-7,16H,8H2. The van der Waals surface area contributed by atoms with E-state index >= 15 is 0 Å². The first kappa shape index (κ1) is 11.6. The molecule has 0 spiro atoms. The molecule has 0 aliphatic rings. The molecule has 3 rings (SSSR count). The van der Waals surface area contributed by atoms with Gasteiger partial charge in [-0.2, -0.15) is 0 Å². The van der Waals surface area contributed by atoms with Crippen molar-refractivity contribution in [2.45, 2.75) is 16.0 Å². The number of para-hydroxylation sites is 1. The van der Waals surface area contributed by atoms with Crippen LogP contribution in [0.5, 0.6) is 0 Å². The van der Waals surface area contributed by atoms with Crippen molar-refractivity contribution in [2.75, 3.05) is 0 Å². The first-order valence-electron chi connectivity index (χ1n) is 5.43. The Labute approximate surface area is 113 Å². The number of rotatable bonds is 3. The maximum Gasteiger partial charge on any atom is 0.156 e. The molecule has 3 aromatic rings. The van der Waals surface area contributed by atoms with Crippen LogP contribution in [0.3, 0.4) is 0 Å². The molecule has 2 heterocycles. The van der Waals surface area contributed by atoms with E-state index < -0.39 is 0 Å². The van der Waals surface area contributed by atoms with Gasteiger partial charge in [0.2, 0.25) is 0 Å². The largest absolute Gasteiger partial charge is 0.392 e. The number of hydrogen-bond acceptors (Lipinski definition) is 5. The van der Waals surface area contributed by atoms with Gasteiger partial charge in [0, 0.05) is 22.5 Å². The average Bonchev–Trinajstić information content (AvgIpc) is 2.91. The first-order valence-corrected chi connectivity index (χ1v) is 7.13. The van der Waals surface area contributed by atoms with Crippen LogP contribution in [0.1, 0.15) is 5.56 Å². The van der Waals surface area contributed by atoms with Crippen LogP contribution < -0.4 is 0 Å². The molecule has 0 amide bonds. The van der Waals surface area contributed by atoms with Crippen molar-refractivity contribution in [3.05, 3.63) is 47.5 Å². The molecular formula is C13H10N2OS2. The van der Waals surface area contributed by atoms with E-state index in [0.29, 0.717) is 0 Å². The topological polar surface area (TPSA) is 46.0 Å². The third-order valence-corrected chi connectivity index (χ3v) is 4.46. The summed E-state index contributed by atoms with van der Waals surface area (Å²) in [5, 5.41) is 13.2. The Kier molecular flexibility index (Phi) is 3.27. The van der Waals surface area contributed by atoms with Gasteiger partial charge in [0.15, 0.2) is 4.34 Å². The van der Waals surface area contributed by atoms with E-state index in [2.05, 4.69) is 9.97 Å². The SMILES string of the molecule is OCc1cc2ccccc2nc1Sc1nccs1. The Morgan fingerprint density at radius 1 is 1.28 bits per heavy atom. The minimum absolute atomic E-state index is 0.00839. The van der Waals surface area contributed by atoms with E-state index in [0.717, 1.165) is 25.8 Å². The summed E-state index contributed by atoms with van der Waals surface area (Å²) in [6.07, 6.45) is 1.77. The van der Waals surface area contributed by atoms with Gasteiger partial charge in [-0.3, -0.25) is 0 Å². The van der Waals surface area contributed by atoms with Gasteiger partial charge in [-0.15, -0.1) is 11.3 Å².